The van der Waals surface area contributed by atoms with Crippen molar-refractivity contribution in [2.45, 2.75) is 62.6 Å². The lowest BCUT2D eigenvalue weighted by atomic mass is 9.90. The molecular weight excluding hydrogens is 464 g/mol. The summed E-state index contributed by atoms with van der Waals surface area (Å²) in [6.07, 6.45) is -3.16. The van der Waals surface area contributed by atoms with Crippen molar-refractivity contribution in [2.24, 2.45) is 0 Å². The van der Waals surface area contributed by atoms with Gasteiger partial charge in [-0.05, 0) is 60.6 Å². The maximum Gasteiger partial charge on any atom is 0.281 e. The van der Waals surface area contributed by atoms with E-state index < -0.39 is 38.9 Å². The zero-order chi connectivity index (χ0) is 27.2. The molecule has 2 heterocycles. The Hall–Kier alpha value is -2.52. The molecule has 1 saturated heterocycles. The summed E-state index contributed by atoms with van der Waals surface area (Å²) >= 11 is 0. The van der Waals surface area contributed by atoms with Gasteiger partial charge in [0.2, 0.25) is 0 Å². The van der Waals surface area contributed by atoms with Gasteiger partial charge in [0.1, 0.15) is 5.75 Å². The van der Waals surface area contributed by atoms with E-state index in [1.807, 2.05) is 12.1 Å². The van der Waals surface area contributed by atoms with E-state index in [2.05, 4.69) is 6.07 Å². The lowest BCUT2D eigenvalue weighted by Gasteiger charge is -2.24. The molecular formula is C25H29F2NO5S. The maximum absolute atomic E-state index is 13.8. The summed E-state index contributed by atoms with van der Waals surface area (Å²) in [6, 6.07) is 8.96. The van der Waals surface area contributed by atoms with Crippen molar-refractivity contribution in [2.75, 3.05) is 19.4 Å². The molecule has 1 fully saturated rings. The van der Waals surface area contributed by atoms with Crippen LogP contribution in [-0.4, -0.2) is 50.6 Å². The summed E-state index contributed by atoms with van der Waals surface area (Å²) in [4.78, 5) is 14.4. The van der Waals surface area contributed by atoms with Crippen LogP contribution in [0, 0.1) is 0 Å². The number of alkyl halides is 2. The second kappa shape index (κ2) is 9.26. The molecule has 0 N–H and O–H groups in total. The predicted molar refractivity (Wildman–Crippen MR) is 123 cm³/mol. The monoisotopic (exact) mass is 499 g/mol. The Labute approximate surface area is 203 Å². The van der Waals surface area contributed by atoms with Crippen LogP contribution < -0.4 is 4.74 Å². The van der Waals surface area contributed by atoms with Crippen LogP contribution in [0.15, 0.2) is 41.3 Å². The van der Waals surface area contributed by atoms with Gasteiger partial charge in [-0.2, -0.15) is 0 Å². The number of nitrogens with zero attached hydrogens (tertiary/aromatic N) is 1. The van der Waals surface area contributed by atoms with E-state index in [4.69, 9.17) is 13.6 Å². The molecule has 0 saturated carbocycles. The van der Waals surface area contributed by atoms with Crippen LogP contribution in [0.2, 0.25) is 0 Å². The number of sulfone groups is 1. The second-order valence-corrected chi connectivity index (χ2v) is 10.4. The summed E-state index contributed by atoms with van der Waals surface area (Å²) in [5, 5.41) is 0. The molecule has 0 unspecified atom stereocenters. The van der Waals surface area contributed by atoms with Crippen molar-refractivity contribution in [3.63, 3.8) is 0 Å². The van der Waals surface area contributed by atoms with Gasteiger partial charge in [-0.15, -0.1) is 0 Å². The standard InChI is InChI=1S/C25H29F2NO5S/c1-16(25(2,26)27)33-23-7-6-21(34(3,30)31)13-22(23)24(29)28-14-19-5-4-18(12-20(19)15-28)17-8-10-32-11-9-17/h4-7,12-13,16-17H,8-11,14-15H2,1-3H3/t16-/m0/s1/i3T3. The normalized spacial score (nSPS) is 19.6. The number of carbonyl (C=O) groups is 1. The van der Waals surface area contributed by atoms with Crippen LogP contribution in [0.4, 0.5) is 8.78 Å². The Kier molecular flexibility index (Phi) is 5.67. The summed E-state index contributed by atoms with van der Waals surface area (Å²) in [6.45, 7) is 3.65. The Morgan fingerprint density at radius 2 is 1.88 bits per heavy atom. The largest absolute Gasteiger partial charge is 0.484 e. The van der Waals surface area contributed by atoms with E-state index in [0.717, 1.165) is 54.7 Å². The molecule has 0 bridgehead atoms. The fourth-order valence-corrected chi connectivity index (χ4v) is 4.77. The van der Waals surface area contributed by atoms with Gasteiger partial charge < -0.3 is 14.4 Å². The minimum absolute atomic E-state index is 0.234. The molecule has 9 heteroatoms. The Balaban J connectivity index is 1.66. The molecule has 0 aromatic heterocycles. The first kappa shape index (κ1) is 20.8. The third kappa shape index (κ3) is 5.25. The zero-order valence-electron chi connectivity index (χ0n) is 22.0. The Morgan fingerprint density at radius 3 is 2.56 bits per heavy atom. The molecule has 34 heavy (non-hydrogen) atoms. The molecule has 1 amide bonds. The summed E-state index contributed by atoms with van der Waals surface area (Å²) in [5.41, 5.74) is 2.73. The summed E-state index contributed by atoms with van der Waals surface area (Å²) in [7, 11) is -4.79. The van der Waals surface area contributed by atoms with Crippen LogP contribution in [0.5, 0.6) is 5.75 Å². The van der Waals surface area contributed by atoms with E-state index >= 15 is 0 Å². The molecule has 2 aromatic carbocycles. The number of fused-ring (bicyclic) bond motifs is 1. The van der Waals surface area contributed by atoms with Gasteiger partial charge in [-0.25, -0.2) is 17.2 Å². The topological polar surface area (TPSA) is 72.9 Å². The van der Waals surface area contributed by atoms with Crippen molar-refractivity contribution in [3.8, 4) is 5.75 Å². The Morgan fingerprint density at radius 1 is 1.18 bits per heavy atom. The number of benzene rings is 2. The number of amides is 1. The van der Waals surface area contributed by atoms with E-state index in [-0.39, 0.29) is 24.4 Å². The first-order valence-electron chi connectivity index (χ1n) is 12.6. The van der Waals surface area contributed by atoms with E-state index in [1.54, 1.807) is 0 Å². The van der Waals surface area contributed by atoms with Gasteiger partial charge in [-0.1, -0.05) is 18.2 Å². The maximum atomic E-state index is 13.8. The number of rotatable bonds is 6. The van der Waals surface area contributed by atoms with Gasteiger partial charge in [0.25, 0.3) is 11.8 Å². The number of ether oxygens (including phenoxy) is 2. The first-order valence-corrected chi connectivity index (χ1v) is 12.6. The van der Waals surface area contributed by atoms with Gasteiger partial charge in [0.15, 0.2) is 15.9 Å². The van der Waals surface area contributed by atoms with Crippen molar-refractivity contribution < 1.29 is 35.6 Å². The molecule has 2 aliphatic heterocycles. The summed E-state index contributed by atoms with van der Waals surface area (Å²) < 4.78 is 85.7. The molecule has 6 nitrogen and oxygen atoms in total. The average Bonchev–Trinajstić information content (AvgIpc) is 3.26. The van der Waals surface area contributed by atoms with E-state index in [1.165, 1.54) is 4.90 Å². The number of carbonyl (C=O) groups excluding carboxylic acids is 1. The molecule has 0 radical (unpaired) electrons. The van der Waals surface area contributed by atoms with Gasteiger partial charge in [0, 0.05) is 43.5 Å². The van der Waals surface area contributed by atoms with Crippen molar-refractivity contribution in [1.29, 1.82) is 0 Å². The molecule has 0 spiro atoms. The van der Waals surface area contributed by atoms with E-state index in [0.29, 0.717) is 26.1 Å². The number of hydrogen-bond donors (Lipinski definition) is 0. The second-order valence-electron chi connectivity index (χ2n) is 8.95. The zero-order valence-corrected chi connectivity index (χ0v) is 19.8. The highest BCUT2D eigenvalue weighted by Crippen LogP contribution is 2.34. The van der Waals surface area contributed by atoms with Crippen molar-refractivity contribution in [1.82, 2.24) is 4.90 Å². The highest BCUT2D eigenvalue weighted by atomic mass is 32.2. The van der Waals surface area contributed by atoms with Gasteiger partial charge in [0.05, 0.1) is 10.5 Å². The highest BCUT2D eigenvalue weighted by Gasteiger charge is 2.34. The minimum atomic E-state index is -4.79. The fourth-order valence-electron chi connectivity index (χ4n) is 4.25. The molecule has 184 valence electrons. The third-order valence-corrected chi connectivity index (χ3v) is 7.32. The van der Waals surface area contributed by atoms with E-state index in [9.17, 15) is 22.0 Å². The first-order chi connectivity index (χ1) is 17.2. The Bertz CT molecular complexity index is 1290. The molecule has 2 aliphatic rings. The van der Waals surface area contributed by atoms with Crippen LogP contribution >= 0.6 is 0 Å². The number of hydrogen-bond acceptors (Lipinski definition) is 5. The number of halogens is 2. The predicted octanol–water partition coefficient (Wildman–Crippen LogP) is 4.56. The van der Waals surface area contributed by atoms with Crippen molar-refractivity contribution >= 4 is 15.7 Å². The van der Waals surface area contributed by atoms with Crippen molar-refractivity contribution in [3.05, 3.63) is 58.7 Å². The molecule has 4 rings (SSSR count). The van der Waals surface area contributed by atoms with Crippen LogP contribution in [0.25, 0.3) is 0 Å². The lowest BCUT2D eigenvalue weighted by molar-refractivity contribution is -0.0720. The molecule has 0 aliphatic carbocycles. The van der Waals surface area contributed by atoms with Gasteiger partial charge >= 0.3 is 0 Å². The van der Waals surface area contributed by atoms with Gasteiger partial charge in [-0.3, -0.25) is 4.79 Å². The van der Waals surface area contributed by atoms with Crippen LogP contribution in [-0.2, 0) is 27.7 Å². The van der Waals surface area contributed by atoms with Crippen LogP contribution in [0.1, 0.15) is 63.8 Å². The third-order valence-electron chi connectivity index (χ3n) is 6.44. The fraction of sp³-hybridized carbons (Fsp3) is 0.480. The van der Waals surface area contributed by atoms with Crippen LogP contribution in [0.3, 0.4) is 0 Å². The lowest BCUT2D eigenvalue weighted by Crippen LogP contribution is -2.33. The smallest absolute Gasteiger partial charge is 0.281 e. The average molecular weight is 500 g/mol. The minimum Gasteiger partial charge on any atom is -0.484 e. The molecule has 1 atom stereocenters. The highest BCUT2D eigenvalue weighted by molar-refractivity contribution is 7.90. The quantitative estimate of drug-likeness (QED) is 0.583. The summed E-state index contributed by atoms with van der Waals surface area (Å²) in [5.74, 6) is -3.77. The molecule has 2 aromatic rings. The SMILES string of the molecule is [3H]C([3H])([3H])S(=O)(=O)c1ccc(O[C@@H](C)C(C)(F)F)c(C(=O)N2Cc3ccc(C4CCOCC4)cc3C2)c1.